The minimum atomic E-state index is -3.62. The van der Waals surface area contributed by atoms with E-state index in [2.05, 4.69) is 0 Å². The molecule has 0 aliphatic carbocycles. The molecule has 1 aliphatic rings. The first-order chi connectivity index (χ1) is 12.8. The molecule has 1 fully saturated rings. The third kappa shape index (κ3) is 5.07. The standard InChI is InChI=1S/C19H29N3O4S/c1-4-10-21(11-5-2)19(24)17-6-8-18(9-7-17)27(25,26)22-14-12-20(13-15-22)16(3)23/h6-9H,4-5,10-15H2,1-3H3. The minimum absolute atomic E-state index is 0.0429. The van der Waals surface area contributed by atoms with Gasteiger partial charge in [0, 0.05) is 51.8 Å². The molecule has 1 aliphatic heterocycles. The summed E-state index contributed by atoms with van der Waals surface area (Å²) in [7, 11) is -3.62. The van der Waals surface area contributed by atoms with Gasteiger partial charge < -0.3 is 9.80 Å². The van der Waals surface area contributed by atoms with Crippen LogP contribution in [0, 0.1) is 0 Å². The number of nitrogens with zero attached hydrogens (tertiary/aromatic N) is 3. The number of rotatable bonds is 7. The SMILES string of the molecule is CCCN(CCC)C(=O)c1ccc(S(=O)(=O)N2CCN(C(C)=O)CC2)cc1. The van der Waals surface area contributed by atoms with Crippen LogP contribution in [0.25, 0.3) is 0 Å². The van der Waals surface area contributed by atoms with Crippen molar-refractivity contribution in [2.24, 2.45) is 0 Å². The van der Waals surface area contributed by atoms with Gasteiger partial charge in [0.05, 0.1) is 4.90 Å². The largest absolute Gasteiger partial charge is 0.340 e. The summed E-state index contributed by atoms with van der Waals surface area (Å²) >= 11 is 0. The number of sulfonamides is 1. The number of carbonyl (C=O) groups excluding carboxylic acids is 2. The molecular weight excluding hydrogens is 366 g/mol. The van der Waals surface area contributed by atoms with Crippen LogP contribution in [0.15, 0.2) is 29.2 Å². The highest BCUT2D eigenvalue weighted by Gasteiger charge is 2.29. The molecule has 0 radical (unpaired) electrons. The highest BCUT2D eigenvalue weighted by Crippen LogP contribution is 2.19. The summed E-state index contributed by atoms with van der Waals surface area (Å²) < 4.78 is 27.0. The van der Waals surface area contributed by atoms with Crippen LogP contribution < -0.4 is 0 Å². The molecule has 1 aromatic carbocycles. The van der Waals surface area contributed by atoms with Crippen molar-refractivity contribution in [3.8, 4) is 0 Å². The highest BCUT2D eigenvalue weighted by atomic mass is 32.2. The van der Waals surface area contributed by atoms with Crippen LogP contribution in [-0.4, -0.2) is 73.6 Å². The lowest BCUT2D eigenvalue weighted by Gasteiger charge is -2.33. The second-order valence-corrected chi connectivity index (χ2v) is 8.66. The molecular formula is C19H29N3O4S. The van der Waals surface area contributed by atoms with Crippen molar-refractivity contribution in [3.05, 3.63) is 29.8 Å². The van der Waals surface area contributed by atoms with E-state index in [4.69, 9.17) is 0 Å². The third-order valence-electron chi connectivity index (χ3n) is 4.70. The van der Waals surface area contributed by atoms with Gasteiger partial charge in [0.15, 0.2) is 0 Å². The first-order valence-electron chi connectivity index (χ1n) is 9.46. The lowest BCUT2D eigenvalue weighted by molar-refractivity contribution is -0.129. The zero-order valence-electron chi connectivity index (χ0n) is 16.3. The van der Waals surface area contributed by atoms with Crippen LogP contribution in [0.1, 0.15) is 44.0 Å². The van der Waals surface area contributed by atoms with Gasteiger partial charge >= 0.3 is 0 Å². The fourth-order valence-electron chi connectivity index (χ4n) is 3.20. The third-order valence-corrected chi connectivity index (χ3v) is 6.61. The number of amides is 2. The van der Waals surface area contributed by atoms with E-state index in [0.29, 0.717) is 31.7 Å². The molecule has 27 heavy (non-hydrogen) atoms. The van der Waals surface area contributed by atoms with Gasteiger partial charge in [0.25, 0.3) is 5.91 Å². The Morgan fingerprint density at radius 2 is 1.48 bits per heavy atom. The monoisotopic (exact) mass is 395 g/mol. The van der Waals surface area contributed by atoms with E-state index in [1.54, 1.807) is 21.9 Å². The summed E-state index contributed by atoms with van der Waals surface area (Å²) in [5, 5.41) is 0. The van der Waals surface area contributed by atoms with Crippen molar-refractivity contribution < 1.29 is 18.0 Å². The first-order valence-corrected chi connectivity index (χ1v) is 10.9. The molecule has 1 saturated heterocycles. The number of hydrogen-bond acceptors (Lipinski definition) is 4. The van der Waals surface area contributed by atoms with Crippen molar-refractivity contribution in [1.82, 2.24) is 14.1 Å². The lowest BCUT2D eigenvalue weighted by atomic mass is 10.2. The van der Waals surface area contributed by atoms with Crippen LogP contribution in [0.2, 0.25) is 0 Å². The molecule has 0 spiro atoms. The van der Waals surface area contributed by atoms with Crippen molar-refractivity contribution >= 4 is 21.8 Å². The predicted octanol–water partition coefficient (Wildman–Crippen LogP) is 1.80. The molecule has 0 aromatic heterocycles. The van der Waals surface area contributed by atoms with E-state index in [9.17, 15) is 18.0 Å². The van der Waals surface area contributed by atoms with E-state index in [1.165, 1.54) is 23.4 Å². The molecule has 0 saturated carbocycles. The molecule has 2 rings (SSSR count). The molecule has 2 amide bonds. The summed E-state index contributed by atoms with van der Waals surface area (Å²) in [6, 6.07) is 6.16. The normalized spacial score (nSPS) is 15.6. The fraction of sp³-hybridized carbons (Fsp3) is 0.579. The van der Waals surface area contributed by atoms with Crippen molar-refractivity contribution in [1.29, 1.82) is 0 Å². The van der Waals surface area contributed by atoms with Crippen LogP contribution >= 0.6 is 0 Å². The Balaban J connectivity index is 2.11. The molecule has 0 unspecified atom stereocenters. The molecule has 1 heterocycles. The number of hydrogen-bond donors (Lipinski definition) is 0. The summed E-state index contributed by atoms with van der Waals surface area (Å²) in [6.45, 7) is 8.27. The van der Waals surface area contributed by atoms with Gasteiger partial charge in [-0.2, -0.15) is 4.31 Å². The number of benzene rings is 1. The number of carbonyl (C=O) groups is 2. The molecule has 0 N–H and O–H groups in total. The molecule has 0 atom stereocenters. The summed E-state index contributed by atoms with van der Waals surface area (Å²) in [4.78, 5) is 27.6. The fourth-order valence-corrected chi connectivity index (χ4v) is 4.62. The maximum absolute atomic E-state index is 12.8. The Kier molecular flexibility index (Phi) is 7.38. The van der Waals surface area contributed by atoms with Crippen molar-refractivity contribution in [2.75, 3.05) is 39.3 Å². The van der Waals surface area contributed by atoms with E-state index in [0.717, 1.165) is 12.8 Å². The maximum atomic E-state index is 12.8. The topological polar surface area (TPSA) is 78.0 Å². The van der Waals surface area contributed by atoms with Gasteiger partial charge in [-0.1, -0.05) is 13.8 Å². The summed E-state index contributed by atoms with van der Waals surface area (Å²) in [5.74, 6) is -0.114. The zero-order valence-corrected chi connectivity index (χ0v) is 17.2. The summed E-state index contributed by atoms with van der Waals surface area (Å²) in [5.41, 5.74) is 0.497. The second kappa shape index (κ2) is 9.32. The zero-order chi connectivity index (χ0) is 20.0. The van der Waals surface area contributed by atoms with Crippen LogP contribution in [0.4, 0.5) is 0 Å². The minimum Gasteiger partial charge on any atom is -0.340 e. The van der Waals surface area contributed by atoms with Gasteiger partial charge in [-0.15, -0.1) is 0 Å². The quantitative estimate of drug-likeness (QED) is 0.705. The second-order valence-electron chi connectivity index (χ2n) is 6.73. The molecule has 7 nitrogen and oxygen atoms in total. The van der Waals surface area contributed by atoms with Crippen molar-refractivity contribution in [3.63, 3.8) is 0 Å². The van der Waals surface area contributed by atoms with Crippen LogP contribution in [-0.2, 0) is 14.8 Å². The maximum Gasteiger partial charge on any atom is 0.253 e. The average Bonchev–Trinajstić information content (AvgIpc) is 2.67. The van der Waals surface area contributed by atoms with E-state index in [1.807, 2.05) is 13.8 Å². The van der Waals surface area contributed by atoms with Gasteiger partial charge in [0.1, 0.15) is 0 Å². The molecule has 0 bridgehead atoms. The Hall–Kier alpha value is -1.93. The molecule has 8 heteroatoms. The lowest BCUT2D eigenvalue weighted by Crippen LogP contribution is -2.49. The Labute approximate surface area is 162 Å². The Bertz CT molecular complexity index is 748. The van der Waals surface area contributed by atoms with E-state index < -0.39 is 10.0 Å². The molecule has 1 aromatic rings. The van der Waals surface area contributed by atoms with E-state index >= 15 is 0 Å². The van der Waals surface area contributed by atoms with E-state index in [-0.39, 0.29) is 29.8 Å². The Morgan fingerprint density at radius 1 is 0.963 bits per heavy atom. The summed E-state index contributed by atoms with van der Waals surface area (Å²) in [6.07, 6.45) is 1.76. The van der Waals surface area contributed by atoms with Gasteiger partial charge in [-0.25, -0.2) is 8.42 Å². The van der Waals surface area contributed by atoms with Gasteiger partial charge in [-0.3, -0.25) is 9.59 Å². The first kappa shape index (κ1) is 21.4. The van der Waals surface area contributed by atoms with Crippen LogP contribution in [0.3, 0.4) is 0 Å². The smallest absolute Gasteiger partial charge is 0.253 e. The highest BCUT2D eigenvalue weighted by molar-refractivity contribution is 7.89. The van der Waals surface area contributed by atoms with Crippen molar-refractivity contribution in [2.45, 2.75) is 38.5 Å². The van der Waals surface area contributed by atoms with Gasteiger partial charge in [-0.05, 0) is 37.1 Å². The van der Waals surface area contributed by atoms with Crippen LogP contribution in [0.5, 0.6) is 0 Å². The average molecular weight is 396 g/mol. The predicted molar refractivity (Wildman–Crippen MR) is 104 cm³/mol. The van der Waals surface area contributed by atoms with Gasteiger partial charge in [0.2, 0.25) is 15.9 Å². The number of piperazine rings is 1. The molecule has 150 valence electrons. The Morgan fingerprint density at radius 3 is 1.93 bits per heavy atom.